The van der Waals surface area contributed by atoms with Gasteiger partial charge < -0.3 is 25.6 Å². The molecule has 2 saturated carbocycles. The normalized spacial score (nSPS) is 36.8. The van der Waals surface area contributed by atoms with Crippen molar-refractivity contribution in [2.24, 2.45) is 35.3 Å². The van der Waals surface area contributed by atoms with Crippen molar-refractivity contribution in [3.8, 4) is 0 Å². The summed E-state index contributed by atoms with van der Waals surface area (Å²) in [6, 6.07) is 0.354. The highest BCUT2D eigenvalue weighted by molar-refractivity contribution is 6.41. The maximum absolute atomic E-state index is 13.2. The van der Waals surface area contributed by atoms with Crippen molar-refractivity contribution in [1.29, 1.82) is 0 Å². The summed E-state index contributed by atoms with van der Waals surface area (Å²) in [4.78, 5) is 17.6. The fourth-order valence-electron chi connectivity index (χ4n) is 6.98. The van der Waals surface area contributed by atoms with Crippen LogP contribution in [0.2, 0.25) is 0 Å². The second-order valence-electron chi connectivity index (χ2n) is 10.3. The van der Waals surface area contributed by atoms with E-state index in [9.17, 15) is 14.8 Å². The molecule has 7 heteroatoms. The Morgan fingerprint density at radius 1 is 0.897 bits per heavy atom. The highest BCUT2D eigenvalue weighted by Crippen LogP contribution is 2.41. The molecule has 2 aliphatic carbocycles. The predicted octanol–water partition coefficient (Wildman–Crippen LogP) is 1.49. The van der Waals surface area contributed by atoms with Gasteiger partial charge in [-0.15, -0.1) is 0 Å². The molecule has 0 radical (unpaired) electrons. The molecule has 29 heavy (non-hydrogen) atoms. The number of carbonyl (C=O) groups is 1. The van der Waals surface area contributed by atoms with E-state index < -0.39 is 7.12 Å². The fraction of sp³-hybridized carbons (Fsp3) is 0.955. The largest absolute Gasteiger partial charge is 0.466 e. The van der Waals surface area contributed by atoms with Gasteiger partial charge in [0, 0.05) is 31.5 Å². The average Bonchev–Trinajstić information content (AvgIpc) is 3.14. The van der Waals surface area contributed by atoms with Crippen LogP contribution in [0.5, 0.6) is 0 Å². The Kier molecular flexibility index (Phi) is 7.20. The molecule has 2 aliphatic heterocycles. The Morgan fingerprint density at radius 2 is 1.66 bits per heavy atom. The Labute approximate surface area is 176 Å². The summed E-state index contributed by atoms with van der Waals surface area (Å²) in [5.74, 6) is 3.44. The minimum absolute atomic E-state index is 0.125. The second-order valence-corrected chi connectivity index (χ2v) is 10.3. The highest BCUT2D eigenvalue weighted by Gasteiger charge is 2.43. The quantitative estimate of drug-likeness (QED) is 0.603. The van der Waals surface area contributed by atoms with Gasteiger partial charge in [-0.3, -0.25) is 4.79 Å². The smallest absolute Gasteiger partial charge is 0.426 e. The maximum atomic E-state index is 13.2. The topological polar surface area (TPSA) is 90.0 Å². The van der Waals surface area contributed by atoms with Crippen LogP contribution in [-0.2, 0) is 4.79 Å². The molecule has 0 aromatic rings. The lowest BCUT2D eigenvalue weighted by molar-refractivity contribution is -0.139. The van der Waals surface area contributed by atoms with Gasteiger partial charge in [0.2, 0.25) is 5.91 Å². The van der Waals surface area contributed by atoms with E-state index in [2.05, 4.69) is 9.80 Å². The lowest BCUT2D eigenvalue weighted by atomic mass is 9.72. The number of rotatable bonds is 5. The lowest BCUT2D eigenvalue weighted by Crippen LogP contribution is -2.48. The Hall–Kier alpha value is -0.625. The van der Waals surface area contributed by atoms with Crippen molar-refractivity contribution in [3.63, 3.8) is 0 Å². The Bertz CT molecular complexity index is 555. The number of amides is 1. The van der Waals surface area contributed by atoms with Gasteiger partial charge in [0.05, 0.1) is 0 Å². The highest BCUT2D eigenvalue weighted by atomic mass is 16.4. The standard InChI is InChI=1S/C22H40BN3O3/c24-14-16-2-1-3-19(12-16)17-6-9-25(10-7-17)22(27)20-5-4-18-8-11-26(15-23(28)29)21(18)13-20/h16-21,28-29H,1-15,24H2. The number of hydrogen-bond acceptors (Lipinski definition) is 5. The zero-order chi connectivity index (χ0) is 20.4. The molecule has 4 aliphatic rings. The first-order chi connectivity index (χ1) is 14.0. The number of fused-ring (bicyclic) bond motifs is 1. The molecule has 4 N–H and O–H groups in total. The molecule has 2 heterocycles. The first-order valence-corrected chi connectivity index (χ1v) is 12.1. The lowest BCUT2D eigenvalue weighted by Gasteiger charge is -2.42. The van der Waals surface area contributed by atoms with Crippen LogP contribution in [0.15, 0.2) is 0 Å². The molecular weight excluding hydrogens is 365 g/mol. The summed E-state index contributed by atoms with van der Waals surface area (Å²) in [7, 11) is -1.28. The minimum Gasteiger partial charge on any atom is -0.426 e. The summed E-state index contributed by atoms with van der Waals surface area (Å²) in [6.07, 6.45) is 12.1. The molecular formula is C22H40BN3O3. The monoisotopic (exact) mass is 405 g/mol. The van der Waals surface area contributed by atoms with Gasteiger partial charge >= 0.3 is 7.12 Å². The van der Waals surface area contributed by atoms with Crippen LogP contribution < -0.4 is 5.73 Å². The van der Waals surface area contributed by atoms with Crippen molar-refractivity contribution < 1.29 is 14.8 Å². The first kappa shape index (κ1) is 21.6. The minimum atomic E-state index is -1.28. The van der Waals surface area contributed by atoms with E-state index in [0.717, 1.165) is 82.5 Å². The van der Waals surface area contributed by atoms with Crippen LogP contribution in [0.3, 0.4) is 0 Å². The Morgan fingerprint density at radius 3 is 2.38 bits per heavy atom. The van der Waals surface area contributed by atoms with Gasteiger partial charge in [0.15, 0.2) is 0 Å². The van der Waals surface area contributed by atoms with E-state index in [1.807, 2.05) is 0 Å². The maximum Gasteiger partial charge on any atom is 0.466 e. The van der Waals surface area contributed by atoms with Gasteiger partial charge in [-0.25, -0.2) is 0 Å². The first-order valence-electron chi connectivity index (χ1n) is 12.1. The number of likely N-dealkylation sites (tertiary alicyclic amines) is 2. The third-order valence-electron chi connectivity index (χ3n) is 8.63. The third-order valence-corrected chi connectivity index (χ3v) is 8.63. The van der Waals surface area contributed by atoms with E-state index in [4.69, 9.17) is 5.73 Å². The molecule has 0 bridgehead atoms. The van der Waals surface area contributed by atoms with E-state index >= 15 is 0 Å². The van der Waals surface area contributed by atoms with Crippen LogP contribution in [0, 0.1) is 29.6 Å². The van der Waals surface area contributed by atoms with Crippen LogP contribution in [0.4, 0.5) is 0 Å². The molecule has 2 saturated heterocycles. The predicted molar refractivity (Wildman–Crippen MR) is 115 cm³/mol. The summed E-state index contributed by atoms with van der Waals surface area (Å²) in [6.45, 7) is 3.63. The summed E-state index contributed by atoms with van der Waals surface area (Å²) in [5, 5.41) is 18.8. The molecule has 0 aromatic heterocycles. The van der Waals surface area contributed by atoms with Crippen LogP contribution in [-0.4, -0.2) is 71.5 Å². The van der Waals surface area contributed by atoms with Crippen LogP contribution in [0.1, 0.15) is 64.2 Å². The number of nitrogens with two attached hydrogens (primary N) is 1. The number of piperidine rings is 1. The van der Waals surface area contributed by atoms with Gasteiger partial charge in [0.25, 0.3) is 0 Å². The van der Waals surface area contributed by atoms with Gasteiger partial charge in [0.1, 0.15) is 0 Å². The average molecular weight is 405 g/mol. The van der Waals surface area contributed by atoms with Crippen molar-refractivity contribution in [2.45, 2.75) is 70.3 Å². The van der Waals surface area contributed by atoms with Gasteiger partial charge in [-0.1, -0.05) is 12.8 Å². The van der Waals surface area contributed by atoms with Crippen molar-refractivity contribution in [3.05, 3.63) is 0 Å². The van der Waals surface area contributed by atoms with Crippen LogP contribution in [0.25, 0.3) is 0 Å². The summed E-state index contributed by atoms with van der Waals surface area (Å²) in [5.41, 5.74) is 5.93. The van der Waals surface area contributed by atoms with Crippen molar-refractivity contribution >= 4 is 13.0 Å². The molecule has 5 atom stereocenters. The third kappa shape index (κ3) is 5.00. The molecule has 6 nitrogen and oxygen atoms in total. The molecule has 4 fully saturated rings. The van der Waals surface area contributed by atoms with E-state index in [1.165, 1.54) is 25.7 Å². The second kappa shape index (κ2) is 9.67. The summed E-state index contributed by atoms with van der Waals surface area (Å²) >= 11 is 0. The fourth-order valence-corrected chi connectivity index (χ4v) is 6.98. The number of hydrogen-bond donors (Lipinski definition) is 3. The molecule has 4 rings (SSSR count). The van der Waals surface area contributed by atoms with Gasteiger partial charge in [-0.05, 0) is 88.1 Å². The Balaban J connectivity index is 1.27. The zero-order valence-corrected chi connectivity index (χ0v) is 17.9. The molecule has 5 unspecified atom stereocenters. The SMILES string of the molecule is NCC1CCCC(C2CCN(C(=O)C3CCC4CCN(CB(O)O)C4C3)CC2)C1. The molecule has 0 spiro atoms. The van der Waals surface area contributed by atoms with Crippen molar-refractivity contribution in [2.75, 3.05) is 32.6 Å². The van der Waals surface area contributed by atoms with Crippen LogP contribution >= 0.6 is 0 Å². The number of carbonyl (C=O) groups excluding carboxylic acids is 1. The molecule has 0 aromatic carbocycles. The zero-order valence-electron chi connectivity index (χ0n) is 17.9. The molecule has 164 valence electrons. The van der Waals surface area contributed by atoms with E-state index in [1.54, 1.807) is 0 Å². The summed E-state index contributed by atoms with van der Waals surface area (Å²) < 4.78 is 0. The molecule has 1 amide bonds. The van der Waals surface area contributed by atoms with Gasteiger partial charge in [-0.2, -0.15) is 0 Å². The van der Waals surface area contributed by atoms with E-state index in [0.29, 0.717) is 24.3 Å². The van der Waals surface area contributed by atoms with E-state index in [-0.39, 0.29) is 5.92 Å². The number of nitrogens with zero attached hydrogens (tertiary/aromatic N) is 2. The van der Waals surface area contributed by atoms with Crippen molar-refractivity contribution in [1.82, 2.24) is 9.80 Å².